The summed E-state index contributed by atoms with van der Waals surface area (Å²) in [5, 5.41) is 31.4. The number of hydrogen-bond donors (Lipinski definition) is 3. The van der Waals surface area contributed by atoms with E-state index in [1.807, 2.05) is 18.2 Å². The van der Waals surface area contributed by atoms with Crippen LogP contribution in [-0.2, 0) is 24.7 Å². The van der Waals surface area contributed by atoms with Gasteiger partial charge in [0.2, 0.25) is 0 Å². The first-order chi connectivity index (χ1) is 14.1. The van der Waals surface area contributed by atoms with Crippen LogP contribution >= 0.6 is 0 Å². The van der Waals surface area contributed by atoms with Crippen LogP contribution in [0, 0.1) is 12.8 Å². The highest BCUT2D eigenvalue weighted by molar-refractivity contribution is 5.87. The number of phenolic OH excluding ortho intramolecular Hbond substituents is 2. The second-order valence-electron chi connectivity index (χ2n) is 7.30. The van der Waals surface area contributed by atoms with Crippen LogP contribution < -0.4 is 0 Å². The summed E-state index contributed by atoms with van der Waals surface area (Å²) < 4.78 is 10.3. The minimum Gasteiger partial charge on any atom is -0.508 e. The summed E-state index contributed by atoms with van der Waals surface area (Å²) >= 11 is 0. The third kappa shape index (κ3) is 6.09. The lowest BCUT2D eigenvalue weighted by molar-refractivity contribution is -0.164. The van der Waals surface area contributed by atoms with Crippen molar-refractivity contribution >= 4 is 18.0 Å². The van der Waals surface area contributed by atoms with Crippen LogP contribution in [0.2, 0.25) is 0 Å². The third-order valence-electron chi connectivity index (χ3n) is 4.40. The van der Waals surface area contributed by atoms with Gasteiger partial charge in [0.25, 0.3) is 0 Å². The molecule has 7 nitrogen and oxygen atoms in total. The van der Waals surface area contributed by atoms with Gasteiger partial charge in [-0.3, -0.25) is 4.79 Å². The molecule has 2 aromatic carbocycles. The van der Waals surface area contributed by atoms with E-state index in [1.54, 1.807) is 39.0 Å². The van der Waals surface area contributed by atoms with Crippen LogP contribution in [0.25, 0.3) is 6.08 Å². The van der Waals surface area contributed by atoms with Gasteiger partial charge in [-0.05, 0) is 36.3 Å². The first-order valence-corrected chi connectivity index (χ1v) is 9.44. The lowest BCUT2D eigenvalue weighted by atomic mass is 9.93. The molecule has 0 saturated heterocycles. The third-order valence-corrected chi connectivity index (χ3v) is 4.40. The number of aryl methyl sites for hydroxylation is 1. The van der Waals surface area contributed by atoms with Crippen LogP contribution in [-0.4, -0.2) is 40.5 Å². The number of ether oxygens (including phenoxy) is 2. The van der Waals surface area contributed by atoms with Crippen molar-refractivity contribution in [2.24, 2.45) is 5.92 Å². The van der Waals surface area contributed by atoms with Gasteiger partial charge in [-0.15, -0.1) is 0 Å². The van der Waals surface area contributed by atoms with Gasteiger partial charge in [0.15, 0.2) is 5.60 Å². The van der Waals surface area contributed by atoms with Crippen LogP contribution in [0.3, 0.4) is 0 Å². The average molecular weight is 414 g/mol. The minimum atomic E-state index is -2.06. The Hall–Kier alpha value is -3.32. The van der Waals surface area contributed by atoms with Crippen LogP contribution in [0.4, 0.5) is 0 Å². The molecule has 0 unspecified atom stereocenters. The quantitative estimate of drug-likeness (QED) is 0.346. The summed E-state index contributed by atoms with van der Waals surface area (Å²) in [6.07, 6.45) is 2.75. The van der Waals surface area contributed by atoms with Crippen molar-refractivity contribution in [3.8, 4) is 11.5 Å². The molecule has 2 aromatic rings. The van der Waals surface area contributed by atoms with Crippen LogP contribution in [0.5, 0.6) is 11.5 Å². The molecular weight excluding hydrogens is 388 g/mol. The maximum atomic E-state index is 12.1. The van der Waals surface area contributed by atoms with E-state index in [1.165, 1.54) is 12.1 Å². The lowest BCUT2D eigenvalue weighted by Crippen LogP contribution is -2.39. The Labute approximate surface area is 175 Å². The van der Waals surface area contributed by atoms with Gasteiger partial charge >= 0.3 is 11.9 Å². The van der Waals surface area contributed by atoms with Gasteiger partial charge in [-0.2, -0.15) is 0 Å². The standard InChI is InChI=1S/C23H26O7/c1-15(2)22(27)30-14-23(28,18-12-19(24)16(3)11-20(18)25)13-29-21(26)10-9-17-7-5-4-6-8-17/h4-12,15,24-25,28H,13-14H2,1-3H3/b10-9+/t23-/m1/s1. The van der Waals surface area contributed by atoms with Gasteiger partial charge in [0.1, 0.15) is 24.7 Å². The fraction of sp³-hybridized carbons (Fsp3) is 0.304. The summed E-state index contributed by atoms with van der Waals surface area (Å²) in [5.41, 5.74) is -1.00. The predicted octanol–water partition coefficient (Wildman–Crippen LogP) is 3.05. The molecule has 1 atom stereocenters. The van der Waals surface area contributed by atoms with Crippen molar-refractivity contribution < 1.29 is 34.4 Å². The molecule has 0 fully saturated rings. The zero-order chi connectivity index (χ0) is 22.3. The van der Waals surface area contributed by atoms with Gasteiger partial charge in [0.05, 0.1) is 5.92 Å². The van der Waals surface area contributed by atoms with E-state index in [0.29, 0.717) is 5.56 Å². The molecule has 0 saturated carbocycles. The maximum absolute atomic E-state index is 12.1. The summed E-state index contributed by atoms with van der Waals surface area (Å²) in [5.74, 6) is -2.25. The predicted molar refractivity (Wildman–Crippen MR) is 111 cm³/mol. The summed E-state index contributed by atoms with van der Waals surface area (Å²) in [6, 6.07) is 11.5. The Morgan fingerprint density at radius 3 is 2.30 bits per heavy atom. The second kappa shape index (κ2) is 9.93. The molecule has 0 heterocycles. The molecule has 0 amide bonds. The number of aromatic hydroxyl groups is 2. The van der Waals surface area contributed by atoms with Crippen LogP contribution in [0.1, 0.15) is 30.5 Å². The van der Waals surface area contributed by atoms with Gasteiger partial charge in [-0.25, -0.2) is 4.79 Å². The van der Waals surface area contributed by atoms with Gasteiger partial charge < -0.3 is 24.8 Å². The first-order valence-electron chi connectivity index (χ1n) is 9.44. The molecule has 0 aliphatic heterocycles. The van der Waals surface area contributed by atoms with E-state index < -0.39 is 36.7 Å². The highest BCUT2D eigenvalue weighted by atomic mass is 16.6. The Morgan fingerprint density at radius 2 is 1.67 bits per heavy atom. The zero-order valence-electron chi connectivity index (χ0n) is 17.2. The molecule has 0 aliphatic carbocycles. The number of hydrogen-bond acceptors (Lipinski definition) is 7. The molecular formula is C23H26O7. The highest BCUT2D eigenvalue weighted by Gasteiger charge is 2.36. The summed E-state index contributed by atoms with van der Waals surface area (Å²) in [7, 11) is 0. The molecule has 160 valence electrons. The minimum absolute atomic E-state index is 0.123. The number of carbonyl (C=O) groups excluding carboxylic acids is 2. The van der Waals surface area contributed by atoms with E-state index in [-0.39, 0.29) is 17.1 Å². The van der Waals surface area contributed by atoms with Crippen molar-refractivity contribution in [3.63, 3.8) is 0 Å². The Morgan fingerprint density at radius 1 is 1.03 bits per heavy atom. The van der Waals surface area contributed by atoms with E-state index in [9.17, 15) is 24.9 Å². The largest absolute Gasteiger partial charge is 0.508 e. The molecule has 0 radical (unpaired) electrons. The van der Waals surface area contributed by atoms with E-state index >= 15 is 0 Å². The molecule has 2 rings (SSSR count). The Balaban J connectivity index is 2.21. The van der Waals surface area contributed by atoms with E-state index in [0.717, 1.165) is 11.6 Å². The smallest absolute Gasteiger partial charge is 0.330 e. The number of phenols is 2. The van der Waals surface area contributed by atoms with Crippen molar-refractivity contribution in [2.45, 2.75) is 26.4 Å². The van der Waals surface area contributed by atoms with Gasteiger partial charge in [0, 0.05) is 11.6 Å². The van der Waals surface area contributed by atoms with Crippen molar-refractivity contribution in [1.82, 2.24) is 0 Å². The number of rotatable bonds is 8. The highest BCUT2D eigenvalue weighted by Crippen LogP contribution is 2.35. The van der Waals surface area contributed by atoms with E-state index in [2.05, 4.69) is 0 Å². The molecule has 30 heavy (non-hydrogen) atoms. The summed E-state index contributed by atoms with van der Waals surface area (Å²) in [4.78, 5) is 24.0. The zero-order valence-corrected chi connectivity index (χ0v) is 17.2. The van der Waals surface area contributed by atoms with Crippen molar-refractivity contribution in [3.05, 3.63) is 65.2 Å². The van der Waals surface area contributed by atoms with Gasteiger partial charge in [-0.1, -0.05) is 44.2 Å². The lowest BCUT2D eigenvalue weighted by Gasteiger charge is -2.29. The first kappa shape index (κ1) is 23.0. The average Bonchev–Trinajstić information content (AvgIpc) is 2.72. The molecule has 7 heteroatoms. The normalized spacial score (nSPS) is 13.2. The van der Waals surface area contributed by atoms with E-state index in [4.69, 9.17) is 9.47 Å². The molecule has 0 aromatic heterocycles. The molecule has 0 aliphatic rings. The molecule has 0 bridgehead atoms. The molecule has 0 spiro atoms. The summed E-state index contributed by atoms with van der Waals surface area (Å²) in [6.45, 7) is 3.66. The number of aliphatic hydroxyl groups is 1. The Bertz CT molecular complexity index is 919. The fourth-order valence-electron chi connectivity index (χ4n) is 2.58. The Kier molecular flexibility index (Phi) is 7.60. The van der Waals surface area contributed by atoms with Crippen molar-refractivity contribution in [2.75, 3.05) is 13.2 Å². The topological polar surface area (TPSA) is 113 Å². The molecule has 3 N–H and O–H groups in total. The SMILES string of the molecule is Cc1cc(O)c([C@@](O)(COC(=O)/C=C/c2ccccc2)COC(=O)C(C)C)cc1O. The van der Waals surface area contributed by atoms with Crippen molar-refractivity contribution in [1.29, 1.82) is 0 Å². The maximum Gasteiger partial charge on any atom is 0.330 e. The number of benzene rings is 2. The van der Waals surface area contributed by atoms with Crippen LogP contribution in [0.15, 0.2) is 48.5 Å². The number of carbonyl (C=O) groups is 2. The number of esters is 2. The second-order valence-corrected chi connectivity index (χ2v) is 7.30. The fourth-order valence-corrected chi connectivity index (χ4v) is 2.58. The monoisotopic (exact) mass is 414 g/mol.